The quantitative estimate of drug-likeness (QED) is 0.438. The molecule has 16 heavy (non-hydrogen) atoms. The lowest BCUT2D eigenvalue weighted by atomic mass is 10.1. The van der Waals surface area contributed by atoms with Gasteiger partial charge in [-0.15, -0.1) is 11.6 Å². The Labute approximate surface area is 99.3 Å². The van der Waals surface area contributed by atoms with Gasteiger partial charge in [0.05, 0.1) is 11.5 Å². The predicted octanol–water partition coefficient (Wildman–Crippen LogP) is 3.16. The molecule has 1 rings (SSSR count). The topological polar surface area (TPSA) is 52.4 Å². The number of halogens is 1. The van der Waals surface area contributed by atoms with Crippen LogP contribution < -0.4 is 4.74 Å². The Balaban J connectivity index is 3.05. The summed E-state index contributed by atoms with van der Waals surface area (Å²) < 4.78 is 5.34. The summed E-state index contributed by atoms with van der Waals surface area (Å²) in [6, 6.07) is 4.96. The molecule has 0 radical (unpaired) electrons. The first-order valence-corrected chi connectivity index (χ1v) is 5.69. The highest BCUT2D eigenvalue weighted by Crippen LogP contribution is 2.31. The second-order valence-electron chi connectivity index (χ2n) is 3.25. The van der Waals surface area contributed by atoms with Gasteiger partial charge in [-0.2, -0.15) is 0 Å². The predicted molar refractivity (Wildman–Crippen MR) is 63.3 cm³/mol. The van der Waals surface area contributed by atoms with Gasteiger partial charge >= 0.3 is 5.69 Å². The molecule has 0 saturated heterocycles. The Kier molecular flexibility index (Phi) is 5.05. The summed E-state index contributed by atoms with van der Waals surface area (Å²) in [6.45, 7) is 2.22. The molecule has 0 N–H and O–H groups in total. The fourth-order valence-electron chi connectivity index (χ4n) is 1.48. The van der Waals surface area contributed by atoms with Crippen molar-refractivity contribution in [2.75, 3.05) is 12.5 Å². The third kappa shape index (κ3) is 3.10. The molecule has 1 aromatic carbocycles. The average molecular weight is 244 g/mol. The molecule has 0 saturated carbocycles. The van der Waals surface area contributed by atoms with E-state index in [-0.39, 0.29) is 5.69 Å². The zero-order valence-electron chi connectivity index (χ0n) is 9.11. The van der Waals surface area contributed by atoms with E-state index in [0.717, 1.165) is 12.0 Å². The molecule has 0 fully saturated rings. The van der Waals surface area contributed by atoms with Gasteiger partial charge in [0, 0.05) is 17.5 Å². The highest BCUT2D eigenvalue weighted by Gasteiger charge is 2.18. The number of hydrogen-bond donors (Lipinski definition) is 0. The van der Waals surface area contributed by atoms with Crippen LogP contribution in [0, 0.1) is 10.1 Å². The van der Waals surface area contributed by atoms with Crippen molar-refractivity contribution >= 4 is 17.3 Å². The molecule has 0 unspecified atom stereocenters. The van der Waals surface area contributed by atoms with Crippen molar-refractivity contribution in [1.82, 2.24) is 0 Å². The number of alkyl halides is 1. The number of aryl methyl sites for hydroxylation is 1. The number of rotatable bonds is 6. The minimum Gasteiger partial charge on any atom is -0.487 e. The molecule has 88 valence electrons. The number of hydrogen-bond acceptors (Lipinski definition) is 3. The van der Waals surface area contributed by atoms with Crippen LogP contribution in [0.3, 0.4) is 0 Å². The van der Waals surface area contributed by atoms with Crippen molar-refractivity contribution in [2.45, 2.75) is 19.8 Å². The Morgan fingerprint density at radius 2 is 2.25 bits per heavy atom. The number of nitrogens with zero attached hydrogens (tertiary/aromatic N) is 1. The van der Waals surface area contributed by atoms with E-state index in [9.17, 15) is 10.1 Å². The van der Waals surface area contributed by atoms with Crippen LogP contribution in [0.2, 0.25) is 0 Å². The van der Waals surface area contributed by atoms with Gasteiger partial charge in [0.2, 0.25) is 0 Å². The molecule has 0 aromatic heterocycles. The molecule has 0 bridgehead atoms. The Bertz CT molecular complexity index is 368. The average Bonchev–Trinajstić information content (AvgIpc) is 2.27. The van der Waals surface area contributed by atoms with E-state index in [1.165, 1.54) is 6.07 Å². The summed E-state index contributed by atoms with van der Waals surface area (Å²) >= 11 is 5.61. The molecule has 0 aliphatic heterocycles. The Morgan fingerprint density at radius 3 is 2.81 bits per heavy atom. The molecule has 0 atom stereocenters. The van der Waals surface area contributed by atoms with Crippen molar-refractivity contribution in [3.05, 3.63) is 33.9 Å². The molecule has 0 spiro atoms. The monoisotopic (exact) mass is 243 g/mol. The van der Waals surface area contributed by atoms with Gasteiger partial charge in [-0.1, -0.05) is 12.1 Å². The number of ether oxygens (including phenoxy) is 1. The first kappa shape index (κ1) is 12.8. The fraction of sp³-hybridized carbons (Fsp3) is 0.455. The highest BCUT2D eigenvalue weighted by molar-refractivity contribution is 6.17. The smallest absolute Gasteiger partial charge is 0.311 e. The van der Waals surface area contributed by atoms with Gasteiger partial charge < -0.3 is 4.74 Å². The minimum absolute atomic E-state index is 0.0222. The molecule has 4 nitrogen and oxygen atoms in total. The molecule has 0 amide bonds. The zero-order valence-corrected chi connectivity index (χ0v) is 9.87. The van der Waals surface area contributed by atoms with Crippen molar-refractivity contribution < 1.29 is 9.66 Å². The molecule has 1 aromatic rings. The van der Waals surface area contributed by atoms with Crippen molar-refractivity contribution in [3.63, 3.8) is 0 Å². The van der Waals surface area contributed by atoms with Crippen molar-refractivity contribution in [2.24, 2.45) is 0 Å². The summed E-state index contributed by atoms with van der Waals surface area (Å²) in [6.07, 6.45) is 1.48. The van der Waals surface area contributed by atoms with E-state index in [1.54, 1.807) is 6.07 Å². The van der Waals surface area contributed by atoms with Gasteiger partial charge in [0.25, 0.3) is 0 Å². The van der Waals surface area contributed by atoms with Gasteiger partial charge in [0.1, 0.15) is 0 Å². The number of nitro groups is 1. The van der Waals surface area contributed by atoms with Gasteiger partial charge in [-0.3, -0.25) is 10.1 Å². The first-order valence-electron chi connectivity index (χ1n) is 5.15. The van der Waals surface area contributed by atoms with Crippen molar-refractivity contribution in [1.29, 1.82) is 0 Å². The fourth-order valence-corrected chi connectivity index (χ4v) is 1.61. The number of benzene rings is 1. The second-order valence-corrected chi connectivity index (χ2v) is 3.63. The second kappa shape index (κ2) is 6.33. The third-order valence-electron chi connectivity index (χ3n) is 2.14. The first-order chi connectivity index (χ1) is 7.70. The lowest BCUT2D eigenvalue weighted by molar-refractivity contribution is -0.385. The SMILES string of the molecule is CCOc1c(CCCCl)cccc1[N+](=O)[O-]. The lowest BCUT2D eigenvalue weighted by Crippen LogP contribution is -2.01. The van der Waals surface area contributed by atoms with Crippen LogP contribution in [-0.2, 0) is 6.42 Å². The van der Waals surface area contributed by atoms with E-state index in [4.69, 9.17) is 16.3 Å². The molecule has 0 aliphatic carbocycles. The molecule has 0 aliphatic rings. The van der Waals surface area contributed by atoms with Crippen LogP contribution >= 0.6 is 11.6 Å². The summed E-state index contributed by atoms with van der Waals surface area (Å²) in [5, 5.41) is 10.8. The van der Waals surface area contributed by atoms with E-state index in [0.29, 0.717) is 24.7 Å². The normalized spacial score (nSPS) is 10.1. The summed E-state index contributed by atoms with van der Waals surface area (Å²) in [7, 11) is 0. The third-order valence-corrected chi connectivity index (χ3v) is 2.41. The molecular formula is C11H14ClNO3. The minimum atomic E-state index is -0.421. The van der Waals surface area contributed by atoms with Crippen LogP contribution in [-0.4, -0.2) is 17.4 Å². The largest absolute Gasteiger partial charge is 0.487 e. The van der Waals surface area contributed by atoms with Crippen LogP contribution in [0.4, 0.5) is 5.69 Å². The Hall–Kier alpha value is -1.29. The summed E-state index contributed by atoms with van der Waals surface area (Å²) in [5.74, 6) is 0.911. The zero-order chi connectivity index (χ0) is 12.0. The van der Waals surface area contributed by atoms with Gasteiger partial charge in [-0.05, 0) is 19.8 Å². The maximum absolute atomic E-state index is 10.8. The highest BCUT2D eigenvalue weighted by atomic mass is 35.5. The molecule has 0 heterocycles. The standard InChI is InChI=1S/C11H14ClNO3/c1-2-16-11-9(6-4-8-12)5-3-7-10(11)13(14)15/h3,5,7H,2,4,6,8H2,1H3. The van der Waals surface area contributed by atoms with Crippen LogP contribution in [0.15, 0.2) is 18.2 Å². The maximum atomic E-state index is 10.8. The lowest BCUT2D eigenvalue weighted by Gasteiger charge is -2.09. The molecular weight excluding hydrogens is 230 g/mol. The van der Waals surface area contributed by atoms with Crippen LogP contribution in [0.1, 0.15) is 18.9 Å². The van der Waals surface area contributed by atoms with E-state index in [1.807, 2.05) is 13.0 Å². The van der Waals surface area contributed by atoms with Gasteiger partial charge in [-0.25, -0.2) is 0 Å². The van der Waals surface area contributed by atoms with Crippen LogP contribution in [0.25, 0.3) is 0 Å². The summed E-state index contributed by atoms with van der Waals surface area (Å²) in [4.78, 5) is 10.4. The van der Waals surface area contributed by atoms with Crippen LogP contribution in [0.5, 0.6) is 5.75 Å². The van der Waals surface area contributed by atoms with E-state index >= 15 is 0 Å². The number of para-hydroxylation sites is 1. The summed E-state index contributed by atoms with van der Waals surface area (Å²) in [5.41, 5.74) is 0.866. The van der Waals surface area contributed by atoms with E-state index in [2.05, 4.69) is 0 Å². The van der Waals surface area contributed by atoms with Crippen molar-refractivity contribution in [3.8, 4) is 5.75 Å². The Morgan fingerprint density at radius 1 is 1.50 bits per heavy atom. The van der Waals surface area contributed by atoms with Gasteiger partial charge in [0.15, 0.2) is 5.75 Å². The molecule has 5 heteroatoms. The van der Waals surface area contributed by atoms with E-state index < -0.39 is 4.92 Å². The maximum Gasteiger partial charge on any atom is 0.311 e. The number of nitro benzene ring substituents is 1.